The SMILES string of the molecule is C=CCONC(C)c1ccc(C)cc1. The van der Waals surface area contributed by atoms with Gasteiger partial charge in [-0.1, -0.05) is 35.9 Å². The monoisotopic (exact) mass is 191 g/mol. The minimum absolute atomic E-state index is 0.204. The Morgan fingerprint density at radius 3 is 2.64 bits per heavy atom. The number of benzene rings is 1. The van der Waals surface area contributed by atoms with Crippen molar-refractivity contribution in [1.29, 1.82) is 0 Å². The van der Waals surface area contributed by atoms with Crippen molar-refractivity contribution in [3.05, 3.63) is 48.0 Å². The molecule has 0 radical (unpaired) electrons. The molecule has 2 heteroatoms. The molecule has 0 saturated heterocycles. The van der Waals surface area contributed by atoms with Crippen molar-refractivity contribution in [2.45, 2.75) is 19.9 Å². The number of hydroxylamine groups is 1. The molecule has 1 rings (SSSR count). The quantitative estimate of drug-likeness (QED) is 0.439. The molecule has 0 bridgehead atoms. The van der Waals surface area contributed by atoms with Crippen molar-refractivity contribution in [2.24, 2.45) is 0 Å². The first kappa shape index (κ1) is 11.0. The summed E-state index contributed by atoms with van der Waals surface area (Å²) < 4.78 is 0. The van der Waals surface area contributed by atoms with Crippen molar-refractivity contribution in [3.8, 4) is 0 Å². The highest BCUT2D eigenvalue weighted by Crippen LogP contribution is 2.12. The number of nitrogens with one attached hydrogen (secondary N) is 1. The molecular formula is C12H17NO. The number of rotatable bonds is 5. The van der Waals surface area contributed by atoms with Gasteiger partial charge < -0.3 is 0 Å². The molecule has 76 valence electrons. The number of hydrogen-bond donors (Lipinski definition) is 1. The van der Waals surface area contributed by atoms with E-state index in [2.05, 4.69) is 50.2 Å². The Balaban J connectivity index is 2.47. The van der Waals surface area contributed by atoms with Crippen LogP contribution >= 0.6 is 0 Å². The van der Waals surface area contributed by atoms with E-state index >= 15 is 0 Å². The van der Waals surface area contributed by atoms with E-state index in [1.165, 1.54) is 11.1 Å². The summed E-state index contributed by atoms with van der Waals surface area (Å²) in [4.78, 5) is 5.16. The van der Waals surface area contributed by atoms with Gasteiger partial charge in [0.1, 0.15) is 0 Å². The molecule has 0 aliphatic carbocycles. The highest BCUT2D eigenvalue weighted by molar-refractivity contribution is 5.23. The third-order valence-corrected chi connectivity index (χ3v) is 2.04. The standard InChI is InChI=1S/C12H17NO/c1-4-9-14-13-11(3)12-7-5-10(2)6-8-12/h4-8,11,13H,1,9H2,2-3H3. The Morgan fingerprint density at radius 2 is 2.07 bits per heavy atom. The van der Waals surface area contributed by atoms with Crippen molar-refractivity contribution in [2.75, 3.05) is 6.61 Å². The maximum atomic E-state index is 5.16. The van der Waals surface area contributed by atoms with Crippen LogP contribution in [0.2, 0.25) is 0 Å². The second-order valence-electron chi connectivity index (χ2n) is 3.35. The molecule has 0 amide bonds. The lowest BCUT2D eigenvalue weighted by molar-refractivity contribution is 0.0392. The van der Waals surface area contributed by atoms with Crippen molar-refractivity contribution < 1.29 is 4.84 Å². The van der Waals surface area contributed by atoms with Crippen LogP contribution in [0.4, 0.5) is 0 Å². The molecule has 1 N–H and O–H groups in total. The molecule has 0 fully saturated rings. The first-order valence-electron chi connectivity index (χ1n) is 4.79. The van der Waals surface area contributed by atoms with Gasteiger partial charge in [-0.3, -0.25) is 4.84 Å². The van der Waals surface area contributed by atoms with E-state index in [0.717, 1.165) is 0 Å². The summed E-state index contributed by atoms with van der Waals surface area (Å²) in [6, 6.07) is 8.60. The lowest BCUT2D eigenvalue weighted by atomic mass is 10.1. The fourth-order valence-corrected chi connectivity index (χ4v) is 1.16. The molecule has 2 nitrogen and oxygen atoms in total. The van der Waals surface area contributed by atoms with Crippen molar-refractivity contribution >= 4 is 0 Å². The maximum absolute atomic E-state index is 5.16. The lowest BCUT2D eigenvalue weighted by Gasteiger charge is -2.13. The highest BCUT2D eigenvalue weighted by atomic mass is 16.6. The van der Waals surface area contributed by atoms with Crippen LogP contribution in [0, 0.1) is 6.92 Å². The second-order valence-corrected chi connectivity index (χ2v) is 3.35. The van der Waals surface area contributed by atoms with E-state index in [0.29, 0.717) is 6.61 Å². The summed E-state index contributed by atoms with van der Waals surface area (Å²) in [7, 11) is 0. The second kappa shape index (κ2) is 5.58. The largest absolute Gasteiger partial charge is 0.297 e. The summed E-state index contributed by atoms with van der Waals surface area (Å²) in [5.41, 5.74) is 5.44. The van der Waals surface area contributed by atoms with Crippen molar-refractivity contribution in [1.82, 2.24) is 5.48 Å². The van der Waals surface area contributed by atoms with E-state index in [1.807, 2.05) is 0 Å². The lowest BCUT2D eigenvalue weighted by Crippen LogP contribution is -2.19. The Labute approximate surface area is 85.5 Å². The molecule has 1 aromatic carbocycles. The van der Waals surface area contributed by atoms with E-state index in [1.54, 1.807) is 6.08 Å². The number of hydrogen-bond acceptors (Lipinski definition) is 2. The van der Waals surface area contributed by atoms with E-state index in [4.69, 9.17) is 4.84 Å². The zero-order valence-corrected chi connectivity index (χ0v) is 8.79. The highest BCUT2D eigenvalue weighted by Gasteiger charge is 2.03. The Bertz CT molecular complexity index is 279. The van der Waals surface area contributed by atoms with Gasteiger partial charge in [-0.25, -0.2) is 0 Å². The summed E-state index contributed by atoms with van der Waals surface area (Å²) in [5.74, 6) is 0. The molecule has 1 atom stereocenters. The molecule has 0 aromatic heterocycles. The average Bonchev–Trinajstić information content (AvgIpc) is 2.19. The molecule has 14 heavy (non-hydrogen) atoms. The zero-order valence-electron chi connectivity index (χ0n) is 8.79. The van der Waals surface area contributed by atoms with Crippen LogP contribution in [0.3, 0.4) is 0 Å². The first-order valence-corrected chi connectivity index (χ1v) is 4.79. The van der Waals surface area contributed by atoms with E-state index in [9.17, 15) is 0 Å². The summed E-state index contributed by atoms with van der Waals surface area (Å²) >= 11 is 0. The third kappa shape index (κ3) is 3.32. The van der Waals surface area contributed by atoms with Crippen LogP contribution in [-0.4, -0.2) is 6.61 Å². The Hall–Kier alpha value is -1.12. The maximum Gasteiger partial charge on any atom is 0.0861 e. The van der Waals surface area contributed by atoms with Crippen LogP contribution in [0.25, 0.3) is 0 Å². The normalized spacial score (nSPS) is 12.4. The van der Waals surface area contributed by atoms with Crippen LogP contribution in [0.5, 0.6) is 0 Å². The summed E-state index contributed by atoms with van der Waals surface area (Å²) in [6.45, 7) is 8.24. The molecule has 0 aliphatic rings. The van der Waals surface area contributed by atoms with Crippen LogP contribution < -0.4 is 5.48 Å². The smallest absolute Gasteiger partial charge is 0.0861 e. The van der Waals surface area contributed by atoms with Gasteiger partial charge in [0, 0.05) is 0 Å². The van der Waals surface area contributed by atoms with Gasteiger partial charge in [0.15, 0.2) is 0 Å². The molecule has 1 aromatic rings. The molecule has 0 aliphatic heterocycles. The molecule has 1 unspecified atom stereocenters. The zero-order chi connectivity index (χ0) is 10.4. The Kier molecular flexibility index (Phi) is 4.36. The van der Waals surface area contributed by atoms with E-state index in [-0.39, 0.29) is 6.04 Å². The molecule has 0 saturated carbocycles. The van der Waals surface area contributed by atoms with Crippen LogP contribution in [0.1, 0.15) is 24.1 Å². The van der Waals surface area contributed by atoms with Crippen LogP contribution in [-0.2, 0) is 4.84 Å². The molecular weight excluding hydrogens is 174 g/mol. The number of aryl methyl sites for hydroxylation is 1. The third-order valence-electron chi connectivity index (χ3n) is 2.04. The van der Waals surface area contributed by atoms with Gasteiger partial charge in [0.25, 0.3) is 0 Å². The topological polar surface area (TPSA) is 21.3 Å². The van der Waals surface area contributed by atoms with Gasteiger partial charge in [-0.2, -0.15) is 5.48 Å². The fourth-order valence-electron chi connectivity index (χ4n) is 1.16. The van der Waals surface area contributed by atoms with E-state index < -0.39 is 0 Å². The van der Waals surface area contributed by atoms with Gasteiger partial charge >= 0.3 is 0 Å². The van der Waals surface area contributed by atoms with Crippen molar-refractivity contribution in [3.63, 3.8) is 0 Å². The summed E-state index contributed by atoms with van der Waals surface area (Å²) in [5, 5.41) is 0. The predicted molar refractivity (Wildman–Crippen MR) is 58.9 cm³/mol. The van der Waals surface area contributed by atoms with Crippen LogP contribution in [0.15, 0.2) is 36.9 Å². The predicted octanol–water partition coefficient (Wildman–Crippen LogP) is 2.76. The van der Waals surface area contributed by atoms with Gasteiger partial charge in [-0.05, 0) is 19.4 Å². The van der Waals surface area contributed by atoms with Gasteiger partial charge in [0.2, 0.25) is 0 Å². The first-order chi connectivity index (χ1) is 6.74. The molecule has 0 heterocycles. The van der Waals surface area contributed by atoms with Gasteiger partial charge in [0.05, 0.1) is 12.6 Å². The average molecular weight is 191 g/mol. The summed E-state index contributed by atoms with van der Waals surface area (Å²) in [6.07, 6.45) is 1.72. The fraction of sp³-hybridized carbons (Fsp3) is 0.333. The van der Waals surface area contributed by atoms with Gasteiger partial charge in [-0.15, -0.1) is 6.58 Å². The minimum atomic E-state index is 0.204. The Morgan fingerprint density at radius 1 is 1.43 bits per heavy atom. The molecule has 0 spiro atoms. The minimum Gasteiger partial charge on any atom is -0.297 e.